The van der Waals surface area contributed by atoms with Gasteiger partial charge in [-0.1, -0.05) is 45.9 Å². The standard InChI is InChI=1S/C20H30N4O2/c1-6-23(7-2)12-13-24(14-15(3)4)20(26)18-16-10-8-9-11-17(16)19(25)22(5)21-18/h8-11,15H,6-7,12-14H2,1-5H3. The van der Waals surface area contributed by atoms with Gasteiger partial charge in [0.25, 0.3) is 11.5 Å². The first-order valence-corrected chi connectivity index (χ1v) is 9.36. The Balaban J connectivity index is 2.40. The zero-order valence-corrected chi connectivity index (χ0v) is 16.5. The van der Waals surface area contributed by atoms with Crippen LogP contribution in [0.3, 0.4) is 0 Å². The van der Waals surface area contributed by atoms with Crippen molar-refractivity contribution < 1.29 is 4.79 Å². The maximum absolute atomic E-state index is 13.3. The lowest BCUT2D eigenvalue weighted by Crippen LogP contribution is -2.41. The lowest BCUT2D eigenvalue weighted by atomic mass is 10.1. The molecule has 0 saturated carbocycles. The van der Waals surface area contributed by atoms with Crippen molar-refractivity contribution in [3.05, 3.63) is 40.3 Å². The number of amides is 1. The second-order valence-corrected chi connectivity index (χ2v) is 6.99. The fraction of sp³-hybridized carbons (Fsp3) is 0.550. The number of hydrogen-bond acceptors (Lipinski definition) is 4. The van der Waals surface area contributed by atoms with Gasteiger partial charge in [-0.25, -0.2) is 4.68 Å². The molecular formula is C20H30N4O2. The summed E-state index contributed by atoms with van der Waals surface area (Å²) in [4.78, 5) is 29.8. The van der Waals surface area contributed by atoms with Crippen molar-refractivity contribution in [1.82, 2.24) is 19.6 Å². The highest BCUT2D eigenvalue weighted by Crippen LogP contribution is 2.16. The molecule has 6 nitrogen and oxygen atoms in total. The van der Waals surface area contributed by atoms with Gasteiger partial charge >= 0.3 is 0 Å². The molecule has 1 aromatic carbocycles. The topological polar surface area (TPSA) is 58.4 Å². The molecular weight excluding hydrogens is 328 g/mol. The highest BCUT2D eigenvalue weighted by atomic mass is 16.2. The van der Waals surface area contributed by atoms with Crippen LogP contribution in [0.4, 0.5) is 0 Å². The second-order valence-electron chi connectivity index (χ2n) is 6.99. The minimum atomic E-state index is -0.185. The van der Waals surface area contributed by atoms with Crippen LogP contribution in [0.2, 0.25) is 0 Å². The molecule has 0 aliphatic heterocycles. The molecule has 2 aromatic rings. The van der Waals surface area contributed by atoms with Gasteiger partial charge in [-0.3, -0.25) is 9.59 Å². The molecule has 0 atom stereocenters. The number of benzene rings is 1. The van der Waals surface area contributed by atoms with E-state index >= 15 is 0 Å². The van der Waals surface area contributed by atoms with Crippen molar-refractivity contribution in [3.63, 3.8) is 0 Å². The van der Waals surface area contributed by atoms with Gasteiger partial charge in [0.1, 0.15) is 0 Å². The van der Waals surface area contributed by atoms with Crippen molar-refractivity contribution in [2.45, 2.75) is 27.7 Å². The molecule has 0 bridgehead atoms. The Labute approximate surface area is 155 Å². The number of aromatic nitrogens is 2. The Kier molecular flexibility index (Phi) is 6.91. The minimum Gasteiger partial charge on any atom is -0.336 e. The van der Waals surface area contributed by atoms with Crippen LogP contribution < -0.4 is 5.56 Å². The van der Waals surface area contributed by atoms with E-state index in [0.29, 0.717) is 35.5 Å². The Bertz CT molecular complexity index is 809. The van der Waals surface area contributed by atoms with Gasteiger partial charge < -0.3 is 9.80 Å². The molecule has 0 spiro atoms. The van der Waals surface area contributed by atoms with Crippen LogP contribution >= 0.6 is 0 Å². The van der Waals surface area contributed by atoms with Gasteiger partial charge in [-0.15, -0.1) is 0 Å². The summed E-state index contributed by atoms with van der Waals surface area (Å²) in [6, 6.07) is 7.20. The molecule has 0 fully saturated rings. The quantitative estimate of drug-likeness (QED) is 0.727. The lowest BCUT2D eigenvalue weighted by Gasteiger charge is -2.28. The third kappa shape index (κ3) is 4.49. The summed E-state index contributed by atoms with van der Waals surface area (Å²) in [7, 11) is 1.59. The van der Waals surface area contributed by atoms with E-state index < -0.39 is 0 Å². The highest BCUT2D eigenvalue weighted by Gasteiger charge is 2.22. The van der Waals surface area contributed by atoms with E-state index in [4.69, 9.17) is 0 Å². The van der Waals surface area contributed by atoms with Gasteiger partial charge in [-0.2, -0.15) is 5.10 Å². The predicted octanol–water partition coefficient (Wildman–Crippen LogP) is 2.37. The lowest BCUT2D eigenvalue weighted by molar-refractivity contribution is 0.0710. The summed E-state index contributed by atoms with van der Waals surface area (Å²) in [5.41, 5.74) is 0.165. The Morgan fingerprint density at radius 3 is 2.31 bits per heavy atom. The summed E-state index contributed by atoms with van der Waals surface area (Å²) >= 11 is 0. The Hall–Kier alpha value is -2.21. The molecule has 0 N–H and O–H groups in total. The zero-order valence-electron chi connectivity index (χ0n) is 16.5. The van der Waals surface area contributed by atoms with Gasteiger partial charge in [0.05, 0.1) is 5.39 Å². The predicted molar refractivity (Wildman–Crippen MR) is 106 cm³/mol. The summed E-state index contributed by atoms with van der Waals surface area (Å²) in [5, 5.41) is 5.45. The van der Waals surface area contributed by atoms with Crippen LogP contribution in [0.15, 0.2) is 29.1 Å². The van der Waals surface area contributed by atoms with Crippen molar-refractivity contribution in [2.75, 3.05) is 32.7 Å². The molecule has 0 unspecified atom stereocenters. The van der Waals surface area contributed by atoms with Crippen molar-refractivity contribution in [3.8, 4) is 0 Å². The second kappa shape index (κ2) is 8.94. The van der Waals surface area contributed by atoms with Crippen LogP contribution in [-0.4, -0.2) is 58.2 Å². The molecule has 26 heavy (non-hydrogen) atoms. The molecule has 142 valence electrons. The molecule has 6 heteroatoms. The highest BCUT2D eigenvalue weighted by molar-refractivity contribution is 6.04. The van der Waals surface area contributed by atoms with E-state index in [1.807, 2.05) is 17.0 Å². The van der Waals surface area contributed by atoms with Gasteiger partial charge in [0.15, 0.2) is 5.69 Å². The third-order valence-electron chi connectivity index (χ3n) is 4.61. The van der Waals surface area contributed by atoms with Crippen LogP contribution in [-0.2, 0) is 7.05 Å². The summed E-state index contributed by atoms with van der Waals surface area (Å²) in [5.74, 6) is 0.243. The van der Waals surface area contributed by atoms with Crippen molar-refractivity contribution in [1.29, 1.82) is 0 Å². The smallest absolute Gasteiger partial charge is 0.274 e. The van der Waals surface area contributed by atoms with E-state index in [1.165, 1.54) is 4.68 Å². The molecule has 1 amide bonds. The third-order valence-corrected chi connectivity index (χ3v) is 4.61. The molecule has 1 aromatic heterocycles. The van der Waals surface area contributed by atoms with Crippen LogP contribution in [0.1, 0.15) is 38.2 Å². The maximum Gasteiger partial charge on any atom is 0.274 e. The van der Waals surface area contributed by atoms with E-state index in [-0.39, 0.29) is 11.5 Å². The zero-order chi connectivity index (χ0) is 19.3. The Morgan fingerprint density at radius 2 is 1.73 bits per heavy atom. The normalized spacial score (nSPS) is 11.5. The maximum atomic E-state index is 13.3. The summed E-state index contributed by atoms with van der Waals surface area (Å²) in [6.07, 6.45) is 0. The van der Waals surface area contributed by atoms with E-state index in [1.54, 1.807) is 19.2 Å². The number of aryl methyl sites for hydroxylation is 1. The fourth-order valence-corrected chi connectivity index (χ4v) is 3.13. The molecule has 1 heterocycles. The van der Waals surface area contributed by atoms with Crippen LogP contribution in [0.25, 0.3) is 10.8 Å². The van der Waals surface area contributed by atoms with Gasteiger partial charge in [0, 0.05) is 32.1 Å². The molecule has 0 saturated heterocycles. The van der Waals surface area contributed by atoms with E-state index in [2.05, 4.69) is 37.7 Å². The first-order valence-electron chi connectivity index (χ1n) is 9.36. The molecule has 0 radical (unpaired) electrons. The number of rotatable bonds is 8. The first-order chi connectivity index (χ1) is 12.4. The molecule has 0 aliphatic rings. The number of nitrogens with zero attached hydrogens (tertiary/aromatic N) is 4. The summed E-state index contributed by atoms with van der Waals surface area (Å²) in [6.45, 7) is 12.5. The number of fused-ring (bicyclic) bond motifs is 1. The summed E-state index contributed by atoms with van der Waals surface area (Å²) < 4.78 is 1.26. The number of carbonyl (C=O) groups is 1. The molecule has 2 rings (SSSR count). The largest absolute Gasteiger partial charge is 0.336 e. The first kappa shape index (κ1) is 20.1. The monoisotopic (exact) mass is 358 g/mol. The Morgan fingerprint density at radius 1 is 1.12 bits per heavy atom. The van der Waals surface area contributed by atoms with Crippen molar-refractivity contribution in [2.24, 2.45) is 13.0 Å². The van der Waals surface area contributed by atoms with Crippen LogP contribution in [0.5, 0.6) is 0 Å². The molecule has 0 aliphatic carbocycles. The fourth-order valence-electron chi connectivity index (χ4n) is 3.13. The van der Waals surface area contributed by atoms with Crippen molar-refractivity contribution >= 4 is 16.7 Å². The van der Waals surface area contributed by atoms with Gasteiger partial charge in [-0.05, 0) is 25.1 Å². The minimum absolute atomic E-state index is 0.113. The number of carbonyl (C=O) groups excluding carboxylic acids is 1. The number of likely N-dealkylation sites (N-methyl/N-ethyl adjacent to an activating group) is 1. The average Bonchev–Trinajstić information content (AvgIpc) is 2.63. The SMILES string of the molecule is CCN(CC)CCN(CC(C)C)C(=O)c1nn(C)c(=O)c2ccccc12. The van der Waals surface area contributed by atoms with E-state index in [9.17, 15) is 9.59 Å². The van der Waals surface area contributed by atoms with E-state index in [0.717, 1.165) is 19.6 Å². The average molecular weight is 358 g/mol. The number of hydrogen-bond donors (Lipinski definition) is 0. The van der Waals surface area contributed by atoms with Gasteiger partial charge in [0.2, 0.25) is 0 Å². The van der Waals surface area contributed by atoms with Crippen LogP contribution in [0, 0.1) is 5.92 Å².